The molecule has 0 aliphatic carbocycles. The van der Waals surface area contributed by atoms with Crippen molar-refractivity contribution in [2.45, 2.75) is 23.9 Å². The molecule has 3 aromatic carbocycles. The molecule has 1 aliphatic rings. The van der Waals surface area contributed by atoms with E-state index in [0.717, 1.165) is 43.3 Å². The van der Waals surface area contributed by atoms with Crippen LogP contribution in [0.3, 0.4) is 0 Å². The number of nitrogens with zero attached hydrogens (tertiary/aromatic N) is 3. The molecule has 0 saturated heterocycles. The number of para-hydroxylation sites is 1. The van der Waals surface area contributed by atoms with Gasteiger partial charge in [0, 0.05) is 35.0 Å². The third-order valence-electron chi connectivity index (χ3n) is 6.82. The molecule has 0 fully saturated rings. The second-order valence-corrected chi connectivity index (χ2v) is 11.3. The molecule has 2 aromatic heterocycles. The zero-order chi connectivity index (χ0) is 26.8. The summed E-state index contributed by atoms with van der Waals surface area (Å²) >= 11 is 3.14. The van der Waals surface area contributed by atoms with Crippen molar-refractivity contribution in [1.29, 1.82) is 0 Å². The number of methoxy groups -OCH3 is 1. The Labute approximate surface area is 234 Å². The topological polar surface area (TPSA) is 46.8 Å². The Morgan fingerprint density at radius 1 is 1.08 bits per heavy atom. The number of thioether (sulfide) groups is 1. The minimum atomic E-state index is -0.247. The highest BCUT2D eigenvalue weighted by molar-refractivity contribution is 8.00. The molecule has 0 saturated carbocycles. The number of thiophene rings is 1. The normalized spacial score (nSPS) is 15.1. The Kier molecular flexibility index (Phi) is 7.22. The van der Waals surface area contributed by atoms with Crippen molar-refractivity contribution in [3.63, 3.8) is 0 Å². The number of hydrogen-bond donors (Lipinski definition) is 0. The van der Waals surface area contributed by atoms with Crippen LogP contribution in [0, 0.1) is 5.82 Å². The lowest BCUT2D eigenvalue weighted by Gasteiger charge is -2.22. The molecule has 0 bridgehead atoms. The van der Waals surface area contributed by atoms with Gasteiger partial charge in [0.05, 0.1) is 29.5 Å². The molecule has 1 unspecified atom stereocenters. The van der Waals surface area contributed by atoms with Crippen LogP contribution in [0.4, 0.5) is 4.39 Å². The van der Waals surface area contributed by atoms with E-state index in [0.29, 0.717) is 13.0 Å². The number of halogens is 1. The Morgan fingerprint density at radius 2 is 1.92 bits per heavy atom. The molecule has 1 atom stereocenters. The predicted molar refractivity (Wildman–Crippen MR) is 156 cm³/mol. The number of carbonyl (C=O) groups is 1. The predicted octanol–water partition coefficient (Wildman–Crippen LogP) is 7.37. The monoisotopic (exact) mass is 555 g/mol. The van der Waals surface area contributed by atoms with Gasteiger partial charge in [-0.25, -0.2) is 9.40 Å². The van der Waals surface area contributed by atoms with Gasteiger partial charge in [-0.2, -0.15) is 5.10 Å². The van der Waals surface area contributed by atoms with Gasteiger partial charge in [0.15, 0.2) is 0 Å². The molecule has 196 valence electrons. The van der Waals surface area contributed by atoms with Crippen LogP contribution in [0.5, 0.6) is 5.75 Å². The second kappa shape index (κ2) is 11.1. The van der Waals surface area contributed by atoms with Crippen molar-refractivity contribution in [2.24, 2.45) is 5.10 Å². The molecule has 1 aliphatic heterocycles. The summed E-state index contributed by atoms with van der Waals surface area (Å²) in [6.45, 7) is 0.549. The number of aromatic nitrogens is 1. The molecule has 1 amide bonds. The van der Waals surface area contributed by atoms with E-state index < -0.39 is 0 Å². The summed E-state index contributed by atoms with van der Waals surface area (Å²) in [5.41, 5.74) is 3.89. The second-order valence-electron chi connectivity index (χ2n) is 9.31. The SMILES string of the molecule is COc1ccc(C2CC(c3cccs3)=NN2C(=O)CSc2cn(Cc3cccc(F)c3)c3ccccc23)cc1. The Bertz CT molecular complexity index is 1640. The molecule has 6 rings (SSSR count). The van der Waals surface area contributed by atoms with Gasteiger partial charge in [0.25, 0.3) is 5.91 Å². The van der Waals surface area contributed by atoms with Crippen LogP contribution in [0.25, 0.3) is 10.9 Å². The number of amides is 1. The fourth-order valence-electron chi connectivity index (χ4n) is 4.91. The number of rotatable bonds is 8. The summed E-state index contributed by atoms with van der Waals surface area (Å²) in [5.74, 6) is 0.735. The number of hydrogen-bond acceptors (Lipinski definition) is 5. The van der Waals surface area contributed by atoms with Crippen molar-refractivity contribution < 1.29 is 13.9 Å². The van der Waals surface area contributed by atoms with Crippen molar-refractivity contribution in [3.8, 4) is 5.75 Å². The molecule has 0 spiro atoms. The number of benzene rings is 3. The van der Waals surface area contributed by atoms with E-state index in [-0.39, 0.29) is 23.5 Å². The van der Waals surface area contributed by atoms with Crippen molar-refractivity contribution in [1.82, 2.24) is 9.58 Å². The van der Waals surface area contributed by atoms with Crippen LogP contribution in [0.15, 0.2) is 107 Å². The first-order valence-corrected chi connectivity index (χ1v) is 14.5. The molecule has 39 heavy (non-hydrogen) atoms. The molecule has 5 aromatic rings. The average molecular weight is 556 g/mol. The van der Waals surface area contributed by atoms with Gasteiger partial charge in [-0.15, -0.1) is 23.1 Å². The van der Waals surface area contributed by atoms with E-state index in [1.807, 2.05) is 60.0 Å². The maximum atomic E-state index is 13.8. The number of carbonyl (C=O) groups excluding carboxylic acids is 1. The molecule has 0 radical (unpaired) electrons. The first-order chi connectivity index (χ1) is 19.1. The van der Waals surface area contributed by atoms with E-state index in [4.69, 9.17) is 9.84 Å². The summed E-state index contributed by atoms with van der Waals surface area (Å²) in [5, 5.41) is 9.55. The first kappa shape index (κ1) is 25.4. The largest absolute Gasteiger partial charge is 0.497 e. The Hall–Kier alpha value is -3.88. The van der Waals surface area contributed by atoms with E-state index in [2.05, 4.69) is 22.9 Å². The van der Waals surface area contributed by atoms with Crippen LogP contribution in [0.1, 0.15) is 28.5 Å². The summed E-state index contributed by atoms with van der Waals surface area (Å²) in [4.78, 5) is 15.7. The zero-order valence-electron chi connectivity index (χ0n) is 21.3. The quantitative estimate of drug-likeness (QED) is 0.188. The van der Waals surface area contributed by atoms with Crippen LogP contribution in [-0.4, -0.2) is 34.1 Å². The minimum Gasteiger partial charge on any atom is -0.497 e. The van der Waals surface area contributed by atoms with Gasteiger partial charge in [0.1, 0.15) is 11.6 Å². The molecule has 8 heteroatoms. The highest BCUT2D eigenvalue weighted by atomic mass is 32.2. The Balaban J connectivity index is 1.25. The van der Waals surface area contributed by atoms with Crippen LogP contribution < -0.4 is 4.74 Å². The number of hydrazone groups is 1. The summed E-state index contributed by atoms with van der Waals surface area (Å²) < 4.78 is 21.2. The summed E-state index contributed by atoms with van der Waals surface area (Å²) in [7, 11) is 1.64. The highest BCUT2D eigenvalue weighted by Crippen LogP contribution is 2.36. The molecular weight excluding hydrogens is 529 g/mol. The Morgan fingerprint density at radius 3 is 2.69 bits per heavy atom. The lowest BCUT2D eigenvalue weighted by atomic mass is 10.0. The summed E-state index contributed by atoms with van der Waals surface area (Å²) in [6.07, 6.45) is 2.72. The molecular formula is C31H26FN3O2S2. The van der Waals surface area contributed by atoms with E-state index in [1.165, 1.54) is 17.8 Å². The van der Waals surface area contributed by atoms with Crippen molar-refractivity contribution in [3.05, 3.63) is 118 Å². The molecule has 0 N–H and O–H groups in total. The lowest BCUT2D eigenvalue weighted by molar-refractivity contribution is -0.130. The zero-order valence-corrected chi connectivity index (χ0v) is 22.9. The first-order valence-electron chi connectivity index (χ1n) is 12.6. The minimum absolute atomic E-state index is 0.0469. The molecule has 3 heterocycles. The van der Waals surface area contributed by atoms with Gasteiger partial charge in [-0.05, 0) is 52.9 Å². The van der Waals surface area contributed by atoms with Crippen molar-refractivity contribution >= 4 is 45.6 Å². The van der Waals surface area contributed by atoms with E-state index in [1.54, 1.807) is 35.6 Å². The third-order valence-corrected chi connectivity index (χ3v) is 8.76. The third kappa shape index (κ3) is 5.35. The smallest absolute Gasteiger partial charge is 0.253 e. The maximum Gasteiger partial charge on any atom is 0.253 e. The average Bonchev–Trinajstić information content (AvgIpc) is 3.71. The van der Waals surface area contributed by atoms with Crippen molar-refractivity contribution in [2.75, 3.05) is 12.9 Å². The number of ether oxygens (including phenoxy) is 1. The maximum absolute atomic E-state index is 13.8. The summed E-state index contributed by atoms with van der Waals surface area (Å²) in [6, 6.07) is 26.5. The fourth-order valence-corrected chi connectivity index (χ4v) is 6.58. The van der Waals surface area contributed by atoms with Gasteiger partial charge in [-0.3, -0.25) is 4.79 Å². The van der Waals surface area contributed by atoms with Crippen LogP contribution in [0.2, 0.25) is 0 Å². The van der Waals surface area contributed by atoms with E-state index in [9.17, 15) is 9.18 Å². The van der Waals surface area contributed by atoms with Crippen LogP contribution in [-0.2, 0) is 11.3 Å². The fraction of sp³-hybridized carbons (Fsp3) is 0.161. The van der Waals surface area contributed by atoms with Crippen LogP contribution >= 0.6 is 23.1 Å². The molecule has 5 nitrogen and oxygen atoms in total. The van der Waals surface area contributed by atoms with Gasteiger partial charge < -0.3 is 9.30 Å². The lowest BCUT2D eigenvalue weighted by Crippen LogP contribution is -2.28. The van der Waals surface area contributed by atoms with Gasteiger partial charge in [0.2, 0.25) is 0 Å². The highest BCUT2D eigenvalue weighted by Gasteiger charge is 2.33. The standard InChI is InChI=1S/C31H26FN3O2S2/c1-37-24-13-11-22(12-14-24)28-17-26(29-10-5-15-38-29)33-35(28)31(36)20-39-30-19-34(27-9-3-2-8-25(27)30)18-21-6-4-7-23(32)16-21/h2-16,19,28H,17-18,20H2,1H3. The number of fused-ring (bicyclic) bond motifs is 1. The van der Waals surface area contributed by atoms with Gasteiger partial charge >= 0.3 is 0 Å². The van der Waals surface area contributed by atoms with Gasteiger partial charge in [-0.1, -0.05) is 48.5 Å². The van der Waals surface area contributed by atoms with E-state index >= 15 is 0 Å².